The van der Waals surface area contributed by atoms with Gasteiger partial charge in [0.1, 0.15) is 0 Å². The lowest BCUT2D eigenvalue weighted by Crippen LogP contribution is -2.32. The third kappa shape index (κ3) is 4.32. The molecule has 0 radical (unpaired) electrons. The van der Waals surface area contributed by atoms with E-state index in [1.54, 1.807) is 0 Å². The molecule has 140 valence electrons. The lowest BCUT2D eigenvalue weighted by molar-refractivity contribution is 0.244. The summed E-state index contributed by atoms with van der Waals surface area (Å²) in [7, 11) is 0. The van der Waals surface area contributed by atoms with Crippen LogP contribution in [0.15, 0.2) is 66.7 Å². The van der Waals surface area contributed by atoms with Crippen LogP contribution >= 0.6 is 11.3 Å². The molecule has 1 saturated heterocycles. The Labute approximate surface area is 166 Å². The van der Waals surface area contributed by atoms with Crippen molar-refractivity contribution in [2.24, 2.45) is 0 Å². The molecule has 1 fully saturated rings. The minimum atomic E-state index is 0.361. The van der Waals surface area contributed by atoms with Crippen LogP contribution in [0.4, 0.5) is 0 Å². The van der Waals surface area contributed by atoms with E-state index in [1.165, 1.54) is 32.9 Å². The fourth-order valence-corrected chi connectivity index (χ4v) is 5.02. The van der Waals surface area contributed by atoms with Gasteiger partial charge in [-0.05, 0) is 48.2 Å². The summed E-state index contributed by atoms with van der Waals surface area (Å²) in [5, 5.41) is 3.54. The van der Waals surface area contributed by atoms with Crippen LogP contribution in [-0.4, -0.2) is 31.1 Å². The minimum absolute atomic E-state index is 0.361. The normalized spacial score (nSPS) is 16.8. The van der Waals surface area contributed by atoms with Crippen LogP contribution in [0.1, 0.15) is 34.7 Å². The van der Waals surface area contributed by atoms with E-state index in [0.717, 1.165) is 32.6 Å². The minimum Gasteiger partial charge on any atom is -0.315 e. The number of hydrogen-bond donors (Lipinski definition) is 1. The molecule has 1 atom stereocenters. The second kappa shape index (κ2) is 8.83. The maximum absolute atomic E-state index is 3.54. The molecule has 3 heteroatoms. The zero-order valence-corrected chi connectivity index (χ0v) is 16.8. The van der Waals surface area contributed by atoms with Crippen molar-refractivity contribution < 1.29 is 0 Å². The molecule has 3 aromatic rings. The SMILES string of the molecule is CCc1ccc(C(c2ccc(-c3ccccc3)cc2)N2CCCNCC2)s1. The van der Waals surface area contributed by atoms with Gasteiger partial charge in [-0.25, -0.2) is 0 Å². The monoisotopic (exact) mass is 376 g/mol. The first-order valence-electron chi connectivity index (χ1n) is 10.0. The highest BCUT2D eigenvalue weighted by Gasteiger charge is 2.24. The van der Waals surface area contributed by atoms with Crippen LogP contribution in [-0.2, 0) is 6.42 Å². The van der Waals surface area contributed by atoms with E-state index in [4.69, 9.17) is 0 Å². The highest BCUT2D eigenvalue weighted by atomic mass is 32.1. The van der Waals surface area contributed by atoms with Crippen molar-refractivity contribution in [3.05, 3.63) is 82.0 Å². The molecule has 2 aromatic carbocycles. The number of hydrogen-bond acceptors (Lipinski definition) is 3. The first-order valence-corrected chi connectivity index (χ1v) is 10.9. The van der Waals surface area contributed by atoms with Crippen molar-refractivity contribution in [2.75, 3.05) is 26.2 Å². The zero-order chi connectivity index (χ0) is 18.5. The molecule has 1 aliphatic rings. The van der Waals surface area contributed by atoms with Gasteiger partial charge in [0.05, 0.1) is 6.04 Å². The van der Waals surface area contributed by atoms with Crippen molar-refractivity contribution in [1.29, 1.82) is 0 Å². The maximum Gasteiger partial charge on any atom is 0.0696 e. The standard InChI is InChI=1S/C24H28N2S/c1-2-22-13-14-23(27-22)24(26-17-6-15-25-16-18-26)21-11-9-20(10-12-21)19-7-4-3-5-8-19/h3-5,7-14,24-25H,2,6,15-18H2,1H3. The number of aryl methyl sites for hydroxylation is 1. The fraction of sp³-hybridized carbons (Fsp3) is 0.333. The van der Waals surface area contributed by atoms with E-state index < -0.39 is 0 Å². The smallest absolute Gasteiger partial charge is 0.0696 e. The predicted molar refractivity (Wildman–Crippen MR) is 116 cm³/mol. The summed E-state index contributed by atoms with van der Waals surface area (Å²) < 4.78 is 0. The summed E-state index contributed by atoms with van der Waals surface area (Å²) >= 11 is 1.97. The molecule has 1 aromatic heterocycles. The van der Waals surface area contributed by atoms with Gasteiger partial charge in [-0.3, -0.25) is 4.90 Å². The molecule has 27 heavy (non-hydrogen) atoms. The van der Waals surface area contributed by atoms with Crippen LogP contribution in [0.5, 0.6) is 0 Å². The van der Waals surface area contributed by atoms with Gasteiger partial charge in [0.15, 0.2) is 0 Å². The Morgan fingerprint density at radius 1 is 0.889 bits per heavy atom. The van der Waals surface area contributed by atoms with E-state index in [1.807, 2.05) is 11.3 Å². The molecule has 0 spiro atoms. The molecule has 2 heterocycles. The second-order valence-corrected chi connectivity index (χ2v) is 8.39. The maximum atomic E-state index is 3.54. The Bertz CT molecular complexity index is 830. The summed E-state index contributed by atoms with van der Waals surface area (Å²) in [4.78, 5) is 5.60. The highest BCUT2D eigenvalue weighted by molar-refractivity contribution is 7.12. The molecule has 1 aliphatic heterocycles. The van der Waals surface area contributed by atoms with Crippen molar-refractivity contribution in [3.63, 3.8) is 0 Å². The predicted octanol–water partition coefficient (Wildman–Crippen LogP) is 5.36. The summed E-state index contributed by atoms with van der Waals surface area (Å²) in [6.07, 6.45) is 2.33. The Morgan fingerprint density at radius 2 is 1.67 bits per heavy atom. The van der Waals surface area contributed by atoms with Crippen molar-refractivity contribution in [3.8, 4) is 11.1 Å². The van der Waals surface area contributed by atoms with Crippen LogP contribution in [0.25, 0.3) is 11.1 Å². The lowest BCUT2D eigenvalue weighted by atomic mass is 9.98. The van der Waals surface area contributed by atoms with Crippen molar-refractivity contribution in [1.82, 2.24) is 10.2 Å². The van der Waals surface area contributed by atoms with Crippen molar-refractivity contribution in [2.45, 2.75) is 25.8 Å². The summed E-state index contributed by atoms with van der Waals surface area (Å²) in [5.74, 6) is 0. The molecule has 2 nitrogen and oxygen atoms in total. The third-order valence-electron chi connectivity index (χ3n) is 5.37. The molecular formula is C24H28N2S. The first kappa shape index (κ1) is 18.4. The van der Waals surface area contributed by atoms with Gasteiger partial charge < -0.3 is 5.32 Å². The summed E-state index contributed by atoms with van der Waals surface area (Å²) in [5.41, 5.74) is 3.97. The van der Waals surface area contributed by atoms with Gasteiger partial charge in [0.25, 0.3) is 0 Å². The summed E-state index contributed by atoms with van der Waals surface area (Å²) in [6, 6.07) is 24.9. The molecule has 0 amide bonds. The Kier molecular flexibility index (Phi) is 6.03. The second-order valence-electron chi connectivity index (χ2n) is 7.19. The van der Waals surface area contributed by atoms with Gasteiger partial charge in [0, 0.05) is 29.4 Å². The van der Waals surface area contributed by atoms with Crippen LogP contribution in [0.3, 0.4) is 0 Å². The molecule has 1 N–H and O–H groups in total. The average Bonchev–Trinajstić information content (AvgIpc) is 3.04. The average molecular weight is 377 g/mol. The van der Waals surface area contributed by atoms with Gasteiger partial charge in [0.2, 0.25) is 0 Å². The molecule has 0 bridgehead atoms. The molecule has 1 unspecified atom stereocenters. The Hall–Kier alpha value is -1.94. The van der Waals surface area contributed by atoms with Crippen molar-refractivity contribution >= 4 is 11.3 Å². The first-order chi connectivity index (χ1) is 13.3. The van der Waals surface area contributed by atoms with Gasteiger partial charge >= 0.3 is 0 Å². The van der Waals surface area contributed by atoms with Gasteiger partial charge in [-0.15, -0.1) is 11.3 Å². The molecule has 0 aliphatic carbocycles. The van der Waals surface area contributed by atoms with E-state index in [0.29, 0.717) is 6.04 Å². The van der Waals surface area contributed by atoms with Gasteiger partial charge in [-0.2, -0.15) is 0 Å². The van der Waals surface area contributed by atoms with Crippen LogP contribution < -0.4 is 5.32 Å². The lowest BCUT2D eigenvalue weighted by Gasteiger charge is -2.30. The largest absolute Gasteiger partial charge is 0.315 e. The zero-order valence-electron chi connectivity index (χ0n) is 16.0. The van der Waals surface area contributed by atoms with E-state index in [-0.39, 0.29) is 0 Å². The number of benzene rings is 2. The molecular weight excluding hydrogens is 348 g/mol. The summed E-state index contributed by atoms with van der Waals surface area (Å²) in [6.45, 7) is 6.70. The Balaban J connectivity index is 1.67. The number of nitrogens with one attached hydrogen (secondary N) is 1. The quantitative estimate of drug-likeness (QED) is 0.645. The Morgan fingerprint density at radius 3 is 2.41 bits per heavy atom. The molecule has 0 saturated carbocycles. The molecule has 4 rings (SSSR count). The number of nitrogens with zero attached hydrogens (tertiary/aromatic N) is 1. The van der Waals surface area contributed by atoms with Crippen LogP contribution in [0, 0.1) is 0 Å². The van der Waals surface area contributed by atoms with E-state index in [9.17, 15) is 0 Å². The third-order valence-corrected chi connectivity index (χ3v) is 6.66. The topological polar surface area (TPSA) is 15.3 Å². The van der Waals surface area contributed by atoms with E-state index in [2.05, 4.69) is 83.9 Å². The van der Waals surface area contributed by atoms with Gasteiger partial charge in [-0.1, -0.05) is 61.5 Å². The number of thiophene rings is 1. The van der Waals surface area contributed by atoms with Crippen LogP contribution in [0.2, 0.25) is 0 Å². The highest BCUT2D eigenvalue weighted by Crippen LogP contribution is 2.35. The number of rotatable bonds is 5. The van der Waals surface area contributed by atoms with E-state index >= 15 is 0 Å². The fourth-order valence-electron chi connectivity index (χ4n) is 3.90.